The second-order valence-corrected chi connectivity index (χ2v) is 3.49. The van der Waals surface area contributed by atoms with Crippen LogP contribution in [0.25, 0.3) is 10.4 Å². The molecule has 0 aromatic heterocycles. The molecular weight excluding hydrogens is 226 g/mol. The smallest absolute Gasteiger partial charge is 0.334 e. The molecule has 1 unspecified atom stereocenters. The summed E-state index contributed by atoms with van der Waals surface area (Å²) < 4.78 is 9.21. The molecule has 0 aromatic rings. The molecule has 0 saturated carbocycles. The van der Waals surface area contributed by atoms with E-state index in [1.54, 1.807) is 0 Å². The van der Waals surface area contributed by atoms with E-state index in [1.165, 1.54) is 14.2 Å². The topological polar surface area (TPSA) is 101 Å². The number of rotatable bonds is 3. The number of azide groups is 1. The number of hydrogen-bond donors (Lipinski definition) is 0. The fourth-order valence-electron chi connectivity index (χ4n) is 1.83. The van der Waals surface area contributed by atoms with Gasteiger partial charge in [-0.2, -0.15) is 0 Å². The molecule has 0 radical (unpaired) electrons. The maximum Gasteiger partial charge on any atom is 0.334 e. The standard InChI is InChI=1S/C10H13N3O4/c1-16-9(14)6-4-3-5-7(12-13-11)8(6)10(15)17-2/h7H,3-5H2,1-2H3. The number of esters is 2. The Morgan fingerprint density at radius 1 is 1.35 bits per heavy atom. The van der Waals surface area contributed by atoms with Gasteiger partial charge in [0.05, 0.1) is 25.8 Å². The van der Waals surface area contributed by atoms with Gasteiger partial charge in [0.2, 0.25) is 0 Å². The third-order valence-electron chi connectivity index (χ3n) is 2.59. The van der Waals surface area contributed by atoms with Crippen molar-refractivity contribution in [2.24, 2.45) is 5.11 Å². The first-order chi connectivity index (χ1) is 8.15. The zero-order valence-electron chi connectivity index (χ0n) is 9.67. The molecule has 1 aliphatic carbocycles. The van der Waals surface area contributed by atoms with Gasteiger partial charge in [0, 0.05) is 10.5 Å². The van der Waals surface area contributed by atoms with Gasteiger partial charge in [0.25, 0.3) is 0 Å². The van der Waals surface area contributed by atoms with E-state index in [0.29, 0.717) is 19.3 Å². The lowest BCUT2D eigenvalue weighted by atomic mass is 9.88. The zero-order valence-corrected chi connectivity index (χ0v) is 9.67. The minimum Gasteiger partial charge on any atom is -0.466 e. The van der Waals surface area contributed by atoms with E-state index < -0.39 is 18.0 Å². The van der Waals surface area contributed by atoms with Gasteiger partial charge in [0.1, 0.15) is 0 Å². The molecule has 0 amide bonds. The number of methoxy groups -OCH3 is 2. The predicted molar refractivity (Wildman–Crippen MR) is 57.8 cm³/mol. The van der Waals surface area contributed by atoms with Crippen molar-refractivity contribution in [3.05, 3.63) is 21.6 Å². The lowest BCUT2D eigenvalue weighted by Crippen LogP contribution is -2.26. The number of nitrogens with zero attached hydrogens (tertiary/aromatic N) is 3. The van der Waals surface area contributed by atoms with E-state index in [2.05, 4.69) is 19.5 Å². The average Bonchev–Trinajstić information content (AvgIpc) is 2.37. The van der Waals surface area contributed by atoms with Crippen LogP contribution in [0, 0.1) is 0 Å². The van der Waals surface area contributed by atoms with E-state index in [1.807, 2.05) is 0 Å². The van der Waals surface area contributed by atoms with Gasteiger partial charge in [0.15, 0.2) is 0 Å². The average molecular weight is 239 g/mol. The van der Waals surface area contributed by atoms with Crippen molar-refractivity contribution in [3.63, 3.8) is 0 Å². The van der Waals surface area contributed by atoms with E-state index in [0.717, 1.165) is 0 Å². The molecule has 0 aromatic carbocycles. The minimum atomic E-state index is -0.657. The Morgan fingerprint density at radius 3 is 2.53 bits per heavy atom. The highest BCUT2D eigenvalue weighted by Crippen LogP contribution is 2.29. The van der Waals surface area contributed by atoms with Gasteiger partial charge in [-0.3, -0.25) is 0 Å². The van der Waals surface area contributed by atoms with Gasteiger partial charge in [-0.05, 0) is 24.8 Å². The van der Waals surface area contributed by atoms with Crippen LogP contribution >= 0.6 is 0 Å². The molecule has 0 bridgehead atoms. The van der Waals surface area contributed by atoms with Crippen LogP contribution in [0.3, 0.4) is 0 Å². The molecule has 0 heterocycles. The molecule has 1 aliphatic rings. The first kappa shape index (κ1) is 13.1. The molecule has 0 N–H and O–H groups in total. The van der Waals surface area contributed by atoms with Crippen LogP contribution in [0.4, 0.5) is 0 Å². The van der Waals surface area contributed by atoms with Gasteiger partial charge in [-0.25, -0.2) is 9.59 Å². The van der Waals surface area contributed by atoms with Crippen molar-refractivity contribution in [1.82, 2.24) is 0 Å². The SMILES string of the molecule is COC(=O)C1=C(C(=O)OC)C(N=[N+]=[N-])CCC1. The maximum absolute atomic E-state index is 11.6. The van der Waals surface area contributed by atoms with E-state index in [9.17, 15) is 9.59 Å². The number of carbonyl (C=O) groups excluding carboxylic acids is 2. The Labute approximate surface area is 98.0 Å². The molecule has 0 aliphatic heterocycles. The summed E-state index contributed by atoms with van der Waals surface area (Å²) in [6.07, 6.45) is 1.61. The third-order valence-corrected chi connectivity index (χ3v) is 2.59. The van der Waals surface area contributed by atoms with Gasteiger partial charge in [-0.1, -0.05) is 5.11 Å². The molecule has 7 heteroatoms. The molecule has 1 rings (SSSR count). The second-order valence-electron chi connectivity index (χ2n) is 3.49. The number of hydrogen-bond acceptors (Lipinski definition) is 5. The van der Waals surface area contributed by atoms with Crippen LogP contribution in [0.5, 0.6) is 0 Å². The highest BCUT2D eigenvalue weighted by molar-refractivity contribution is 6.01. The summed E-state index contributed by atoms with van der Waals surface area (Å²) in [5.41, 5.74) is 8.79. The molecular formula is C10H13N3O4. The summed E-state index contributed by atoms with van der Waals surface area (Å²) in [4.78, 5) is 25.8. The summed E-state index contributed by atoms with van der Waals surface area (Å²) in [6, 6.07) is -0.657. The Hall–Kier alpha value is -2.01. The van der Waals surface area contributed by atoms with Crippen molar-refractivity contribution in [2.45, 2.75) is 25.3 Å². The maximum atomic E-state index is 11.6. The summed E-state index contributed by atoms with van der Waals surface area (Å²) in [5.74, 6) is -1.23. The van der Waals surface area contributed by atoms with E-state index in [-0.39, 0.29) is 11.1 Å². The van der Waals surface area contributed by atoms with E-state index >= 15 is 0 Å². The Kier molecular flexibility index (Phi) is 4.54. The van der Waals surface area contributed by atoms with Crippen LogP contribution < -0.4 is 0 Å². The highest BCUT2D eigenvalue weighted by Gasteiger charge is 2.31. The monoisotopic (exact) mass is 239 g/mol. The molecule has 0 fully saturated rings. The van der Waals surface area contributed by atoms with Crippen LogP contribution in [0.1, 0.15) is 19.3 Å². The van der Waals surface area contributed by atoms with Crippen molar-refractivity contribution >= 4 is 11.9 Å². The first-order valence-electron chi connectivity index (χ1n) is 5.09. The number of ether oxygens (including phenoxy) is 2. The van der Waals surface area contributed by atoms with Crippen molar-refractivity contribution in [1.29, 1.82) is 0 Å². The number of carbonyl (C=O) groups is 2. The van der Waals surface area contributed by atoms with Crippen LogP contribution in [0.2, 0.25) is 0 Å². The summed E-state index contributed by atoms with van der Waals surface area (Å²) in [7, 11) is 2.45. The summed E-state index contributed by atoms with van der Waals surface area (Å²) in [6.45, 7) is 0. The lowest BCUT2D eigenvalue weighted by molar-refractivity contribution is -0.140. The van der Waals surface area contributed by atoms with Crippen molar-refractivity contribution in [2.75, 3.05) is 14.2 Å². The molecule has 7 nitrogen and oxygen atoms in total. The normalized spacial score (nSPS) is 19.3. The zero-order chi connectivity index (χ0) is 12.8. The minimum absolute atomic E-state index is 0.114. The van der Waals surface area contributed by atoms with Gasteiger partial charge < -0.3 is 9.47 Å². The Bertz CT molecular complexity index is 410. The van der Waals surface area contributed by atoms with Crippen molar-refractivity contribution in [3.8, 4) is 0 Å². The van der Waals surface area contributed by atoms with Crippen LogP contribution in [-0.2, 0) is 19.1 Å². The Morgan fingerprint density at radius 2 is 2.00 bits per heavy atom. The summed E-state index contributed by atoms with van der Waals surface area (Å²) in [5, 5.41) is 3.52. The molecule has 1 atom stereocenters. The van der Waals surface area contributed by atoms with Gasteiger partial charge in [-0.15, -0.1) is 0 Å². The quantitative estimate of drug-likeness (QED) is 0.322. The van der Waals surface area contributed by atoms with Crippen molar-refractivity contribution < 1.29 is 19.1 Å². The van der Waals surface area contributed by atoms with Crippen LogP contribution in [0.15, 0.2) is 16.3 Å². The second kappa shape index (κ2) is 5.91. The summed E-state index contributed by atoms with van der Waals surface area (Å²) >= 11 is 0. The molecule has 92 valence electrons. The first-order valence-corrected chi connectivity index (χ1v) is 5.09. The third kappa shape index (κ3) is 2.76. The fraction of sp³-hybridized carbons (Fsp3) is 0.600. The predicted octanol–water partition coefficient (Wildman–Crippen LogP) is 1.49. The fourth-order valence-corrected chi connectivity index (χ4v) is 1.83. The molecule has 17 heavy (non-hydrogen) atoms. The lowest BCUT2D eigenvalue weighted by Gasteiger charge is -2.22. The highest BCUT2D eigenvalue weighted by atomic mass is 16.5. The van der Waals surface area contributed by atoms with Gasteiger partial charge >= 0.3 is 11.9 Å². The molecule has 0 saturated heterocycles. The van der Waals surface area contributed by atoms with E-state index in [4.69, 9.17) is 5.53 Å². The molecule has 0 spiro atoms. The Balaban J connectivity index is 3.24. The largest absolute Gasteiger partial charge is 0.466 e. The van der Waals surface area contributed by atoms with Crippen LogP contribution in [-0.4, -0.2) is 32.2 Å².